The Labute approximate surface area is 198 Å². The maximum atomic E-state index is 13.5. The van der Waals surface area contributed by atoms with Crippen molar-refractivity contribution in [3.05, 3.63) is 70.8 Å². The minimum absolute atomic E-state index is 0.00865. The van der Waals surface area contributed by atoms with Crippen molar-refractivity contribution in [3.8, 4) is 11.1 Å². The fourth-order valence-electron chi connectivity index (χ4n) is 4.15. The lowest BCUT2D eigenvalue weighted by molar-refractivity contribution is -0.144. The van der Waals surface area contributed by atoms with Gasteiger partial charge in [-0.25, -0.2) is 4.39 Å². The third-order valence-corrected chi connectivity index (χ3v) is 6.71. The van der Waals surface area contributed by atoms with Gasteiger partial charge in [-0.3, -0.25) is 18.0 Å². The highest BCUT2D eigenvalue weighted by Gasteiger charge is 2.30. The lowest BCUT2D eigenvalue weighted by Crippen LogP contribution is -2.33. The summed E-state index contributed by atoms with van der Waals surface area (Å²) in [6, 6.07) is 11.0. The first kappa shape index (κ1) is 23.4. The van der Waals surface area contributed by atoms with Crippen molar-refractivity contribution >= 4 is 34.5 Å². The molecule has 0 saturated heterocycles. The summed E-state index contributed by atoms with van der Waals surface area (Å²) in [5.41, 5.74) is 3.62. The highest BCUT2D eigenvalue weighted by atomic mass is 35.5. The molecule has 1 heterocycles. The van der Waals surface area contributed by atoms with Gasteiger partial charge in [0.15, 0.2) is 0 Å². The fourth-order valence-corrected chi connectivity index (χ4v) is 5.05. The summed E-state index contributed by atoms with van der Waals surface area (Å²) in [6.45, 7) is 2.02. The van der Waals surface area contributed by atoms with Gasteiger partial charge in [0.2, 0.25) is 0 Å². The molecule has 0 fully saturated rings. The monoisotopic (exact) mass is 490 g/mol. The van der Waals surface area contributed by atoms with Crippen LogP contribution in [0.25, 0.3) is 11.1 Å². The summed E-state index contributed by atoms with van der Waals surface area (Å²) in [5.74, 6) is -0.882. The molecule has 2 aromatic carbocycles. The Balaban J connectivity index is 1.62. The molecule has 0 radical (unpaired) electrons. The van der Waals surface area contributed by atoms with Crippen molar-refractivity contribution in [3.63, 3.8) is 0 Å². The van der Waals surface area contributed by atoms with Crippen molar-refractivity contribution < 1.29 is 22.7 Å². The van der Waals surface area contributed by atoms with Crippen LogP contribution in [0.15, 0.2) is 48.7 Å². The first-order valence-electron chi connectivity index (χ1n) is 10.5. The molecule has 7 nitrogen and oxygen atoms in total. The predicted octanol–water partition coefficient (Wildman–Crippen LogP) is 4.58. The van der Waals surface area contributed by atoms with E-state index >= 15 is 0 Å². The molecule has 0 bridgehead atoms. The van der Waals surface area contributed by atoms with Crippen LogP contribution < -0.4 is 4.31 Å². The van der Waals surface area contributed by atoms with Gasteiger partial charge in [-0.05, 0) is 61.6 Å². The van der Waals surface area contributed by atoms with Gasteiger partial charge in [0, 0.05) is 28.2 Å². The number of benzene rings is 2. The molecule has 0 N–H and O–H groups in total. The number of carbonyl (C=O) groups excluding carboxylic acids is 1. The number of aromatic nitrogens is 2. The summed E-state index contributed by atoms with van der Waals surface area (Å²) >= 11 is 3.35. The molecule has 1 aliphatic rings. The van der Waals surface area contributed by atoms with E-state index in [0.29, 0.717) is 18.5 Å². The molecule has 2 unspecified atom stereocenters. The normalized spacial score (nSPS) is 16.2. The molecule has 10 heteroatoms. The highest BCUT2D eigenvalue weighted by molar-refractivity contribution is 7.80. The number of ether oxygens (including phenoxy) is 1. The third kappa shape index (κ3) is 4.95. The van der Waals surface area contributed by atoms with Gasteiger partial charge >= 0.3 is 5.97 Å². The van der Waals surface area contributed by atoms with Crippen LogP contribution in [0, 0.1) is 5.82 Å². The molecule has 174 valence electrons. The Bertz CT molecular complexity index is 1180. The molecule has 1 aliphatic carbocycles. The largest absolute Gasteiger partial charge is 0.755 e. The van der Waals surface area contributed by atoms with Crippen LogP contribution in [0.4, 0.5) is 10.1 Å². The third-order valence-electron chi connectivity index (χ3n) is 5.63. The molecule has 0 saturated carbocycles. The van der Waals surface area contributed by atoms with E-state index in [9.17, 15) is 17.9 Å². The van der Waals surface area contributed by atoms with Crippen LogP contribution in [0.5, 0.6) is 0 Å². The van der Waals surface area contributed by atoms with E-state index in [1.807, 2.05) is 0 Å². The lowest BCUT2D eigenvalue weighted by Gasteiger charge is -2.37. The smallest absolute Gasteiger partial charge is 0.327 e. The fraction of sp³-hybridized carbons (Fsp3) is 0.304. The number of carbonyl (C=O) groups is 1. The van der Waals surface area contributed by atoms with Gasteiger partial charge in [0.1, 0.15) is 12.4 Å². The van der Waals surface area contributed by atoms with E-state index < -0.39 is 23.1 Å². The molecular formula is C23H22ClFN3O4S-. The van der Waals surface area contributed by atoms with Gasteiger partial charge in [-0.15, -0.1) is 0 Å². The molecule has 4 rings (SSSR count). The summed E-state index contributed by atoms with van der Waals surface area (Å²) in [5, 5.41) is 4.34. The molecule has 1 aromatic heterocycles. The zero-order valence-corrected chi connectivity index (χ0v) is 19.4. The summed E-state index contributed by atoms with van der Waals surface area (Å²) in [6.07, 6.45) is 3.72. The van der Waals surface area contributed by atoms with Crippen molar-refractivity contribution in [1.82, 2.24) is 9.78 Å². The topological polar surface area (TPSA) is 87.5 Å². The Morgan fingerprint density at radius 2 is 2.03 bits per heavy atom. The summed E-state index contributed by atoms with van der Waals surface area (Å²) in [7, 11) is 0. The first-order valence-corrected chi connectivity index (χ1v) is 11.9. The SMILES string of the molecule is CCOC(=O)Cn1ncc2c1CCCC2N(c1ccc(-c2ccc(F)c(Cl)c2)cc1)S(=O)[O-]. The van der Waals surface area contributed by atoms with Crippen LogP contribution >= 0.6 is 11.6 Å². The van der Waals surface area contributed by atoms with Crippen LogP contribution in [-0.2, 0) is 33.8 Å². The number of hydrogen-bond donors (Lipinski definition) is 0. The van der Waals surface area contributed by atoms with Crippen molar-refractivity contribution in [2.75, 3.05) is 10.9 Å². The van der Waals surface area contributed by atoms with E-state index in [4.69, 9.17) is 16.3 Å². The zero-order valence-electron chi connectivity index (χ0n) is 17.9. The number of esters is 1. The molecule has 0 amide bonds. The van der Waals surface area contributed by atoms with E-state index in [-0.39, 0.29) is 24.1 Å². The van der Waals surface area contributed by atoms with Crippen LogP contribution in [-0.4, -0.2) is 31.1 Å². The number of nitrogens with zero attached hydrogens (tertiary/aromatic N) is 3. The zero-order chi connectivity index (χ0) is 23.5. The molecule has 0 spiro atoms. The number of rotatable bonds is 7. The first-order chi connectivity index (χ1) is 15.9. The molecular weight excluding hydrogens is 469 g/mol. The second kappa shape index (κ2) is 10.0. The van der Waals surface area contributed by atoms with Gasteiger partial charge < -0.3 is 9.29 Å². The minimum atomic E-state index is -2.54. The standard InChI is InChI=1S/C23H23ClFN3O4S/c1-2-32-23(29)14-27-21-4-3-5-22(18(21)13-26-27)28(33(30)31)17-9-6-15(7-10-17)16-8-11-20(25)19(24)12-16/h6-13,22H,2-5,14H2,1H3,(H,30,31)/p-1. The van der Waals surface area contributed by atoms with Gasteiger partial charge in [-0.1, -0.05) is 29.8 Å². The second-order valence-electron chi connectivity index (χ2n) is 7.64. The number of hydrogen-bond acceptors (Lipinski definition) is 5. The lowest BCUT2D eigenvalue weighted by atomic mass is 9.92. The highest BCUT2D eigenvalue weighted by Crippen LogP contribution is 2.38. The van der Waals surface area contributed by atoms with Crippen molar-refractivity contribution in [2.24, 2.45) is 0 Å². The van der Waals surface area contributed by atoms with Crippen molar-refractivity contribution in [1.29, 1.82) is 0 Å². The Morgan fingerprint density at radius 3 is 2.70 bits per heavy atom. The maximum Gasteiger partial charge on any atom is 0.327 e. The van der Waals surface area contributed by atoms with Crippen LogP contribution in [0.2, 0.25) is 5.02 Å². The maximum absolute atomic E-state index is 13.5. The average molecular weight is 491 g/mol. The van der Waals surface area contributed by atoms with E-state index in [0.717, 1.165) is 28.8 Å². The Hall–Kier alpha value is -2.75. The number of halogens is 2. The second-order valence-corrected chi connectivity index (χ2v) is 8.87. The summed E-state index contributed by atoms with van der Waals surface area (Å²) < 4.78 is 46.0. The minimum Gasteiger partial charge on any atom is -0.755 e. The number of anilines is 1. The van der Waals surface area contributed by atoms with Crippen LogP contribution in [0.1, 0.15) is 37.1 Å². The Morgan fingerprint density at radius 1 is 1.30 bits per heavy atom. The molecule has 2 atom stereocenters. The molecule has 0 aliphatic heterocycles. The van der Waals surface area contributed by atoms with Crippen LogP contribution in [0.3, 0.4) is 0 Å². The quantitative estimate of drug-likeness (QED) is 0.357. The predicted molar refractivity (Wildman–Crippen MR) is 123 cm³/mol. The van der Waals surface area contributed by atoms with E-state index in [1.165, 1.54) is 16.4 Å². The molecule has 33 heavy (non-hydrogen) atoms. The van der Waals surface area contributed by atoms with Crippen molar-refractivity contribution in [2.45, 2.75) is 38.8 Å². The Kier molecular flexibility index (Phi) is 7.11. The number of fused-ring (bicyclic) bond motifs is 1. The average Bonchev–Trinajstić information content (AvgIpc) is 3.20. The molecule has 3 aromatic rings. The van der Waals surface area contributed by atoms with Gasteiger partial charge in [0.25, 0.3) is 0 Å². The summed E-state index contributed by atoms with van der Waals surface area (Å²) in [4.78, 5) is 11.9. The van der Waals surface area contributed by atoms with Gasteiger partial charge in [-0.2, -0.15) is 5.10 Å². The van der Waals surface area contributed by atoms with E-state index in [1.54, 1.807) is 48.1 Å². The van der Waals surface area contributed by atoms with Gasteiger partial charge in [0.05, 0.1) is 23.9 Å². The van der Waals surface area contributed by atoms with E-state index in [2.05, 4.69) is 5.10 Å².